The summed E-state index contributed by atoms with van der Waals surface area (Å²) >= 11 is 6.50. The molecule has 0 atom stereocenters. The van der Waals surface area contributed by atoms with E-state index >= 15 is 0 Å². The van der Waals surface area contributed by atoms with Crippen molar-refractivity contribution < 1.29 is 14.6 Å². The first-order chi connectivity index (χ1) is 7.06. The smallest absolute Gasteiger partial charge is 0.147 e. The maximum Gasteiger partial charge on any atom is 0.147 e. The Morgan fingerprint density at radius 3 is 2.33 bits per heavy atom. The first-order valence-electron chi connectivity index (χ1n) is 4.39. The molecule has 0 saturated carbocycles. The van der Waals surface area contributed by atoms with Crippen molar-refractivity contribution in [1.29, 1.82) is 0 Å². The predicted molar refractivity (Wildman–Crippen MR) is 62.0 cm³/mol. The number of carboxylic acid groups (broad SMARTS) is 1. The summed E-state index contributed by atoms with van der Waals surface area (Å²) in [6.07, 6.45) is 0.890. The molecular weight excluding hydrogens is 328 g/mol. The summed E-state index contributed by atoms with van der Waals surface area (Å²) in [5.41, 5.74) is 0.109. The third-order valence-electron chi connectivity index (χ3n) is 1.68. The quantitative estimate of drug-likeness (QED) is 0.848. The third-order valence-corrected chi connectivity index (χ3v) is 2.86. The van der Waals surface area contributed by atoms with Crippen LogP contribution in [-0.4, -0.2) is 12.6 Å². The number of hydrogen-bond acceptors (Lipinski definition) is 3. The molecule has 0 saturated heterocycles. The Hall–Kier alpha value is -0.550. The van der Waals surface area contributed by atoms with Crippen molar-refractivity contribution in [2.24, 2.45) is 0 Å². The van der Waals surface area contributed by atoms with Gasteiger partial charge >= 0.3 is 0 Å². The first-order valence-corrected chi connectivity index (χ1v) is 5.98. The predicted octanol–water partition coefficient (Wildman–Crippen LogP) is 2.36. The molecule has 0 aliphatic carbocycles. The Kier molecular flexibility index (Phi) is 4.60. The molecule has 0 heterocycles. The van der Waals surface area contributed by atoms with Gasteiger partial charge in [0, 0.05) is 0 Å². The topological polar surface area (TPSA) is 49.4 Å². The number of carboxylic acids is 1. The zero-order chi connectivity index (χ0) is 11.4. The van der Waals surface area contributed by atoms with Crippen LogP contribution in [0, 0.1) is 0 Å². The minimum absolute atomic E-state index is 0.109. The van der Waals surface area contributed by atoms with Gasteiger partial charge in [-0.25, -0.2) is 0 Å². The molecule has 0 spiro atoms. The maximum atomic E-state index is 10.6. The summed E-state index contributed by atoms with van der Waals surface area (Å²) in [6, 6.07) is 2.93. The number of aromatic carboxylic acids is 1. The van der Waals surface area contributed by atoms with Gasteiger partial charge in [-0.3, -0.25) is 0 Å². The van der Waals surface area contributed by atoms with Crippen molar-refractivity contribution in [2.45, 2.75) is 13.3 Å². The lowest BCUT2D eigenvalue weighted by atomic mass is 10.2. The van der Waals surface area contributed by atoms with Crippen molar-refractivity contribution in [3.05, 3.63) is 26.6 Å². The van der Waals surface area contributed by atoms with Gasteiger partial charge in [0.25, 0.3) is 0 Å². The first kappa shape index (κ1) is 12.5. The van der Waals surface area contributed by atoms with Crippen LogP contribution in [0.1, 0.15) is 23.7 Å². The van der Waals surface area contributed by atoms with E-state index in [-0.39, 0.29) is 5.56 Å². The molecule has 0 aliphatic rings. The highest BCUT2D eigenvalue weighted by Crippen LogP contribution is 2.34. The molecule has 0 fully saturated rings. The van der Waals surface area contributed by atoms with Gasteiger partial charge in [-0.2, -0.15) is 0 Å². The number of halogens is 2. The molecule has 15 heavy (non-hydrogen) atoms. The van der Waals surface area contributed by atoms with E-state index in [1.165, 1.54) is 12.1 Å². The molecular formula is C10H9Br2O3-. The van der Waals surface area contributed by atoms with Crippen LogP contribution >= 0.6 is 31.9 Å². The van der Waals surface area contributed by atoms with Crippen molar-refractivity contribution in [3.8, 4) is 5.75 Å². The zero-order valence-corrected chi connectivity index (χ0v) is 11.2. The Balaban J connectivity index is 3.04. The monoisotopic (exact) mass is 335 g/mol. The molecule has 5 heteroatoms. The number of benzene rings is 1. The summed E-state index contributed by atoms with van der Waals surface area (Å²) in [5, 5.41) is 10.6. The normalized spacial score (nSPS) is 10.1. The number of ether oxygens (including phenoxy) is 1. The molecule has 0 bridgehead atoms. The molecule has 0 amide bonds. The van der Waals surface area contributed by atoms with Crippen molar-refractivity contribution >= 4 is 37.8 Å². The van der Waals surface area contributed by atoms with Gasteiger partial charge in [0.2, 0.25) is 0 Å². The number of rotatable bonds is 4. The van der Waals surface area contributed by atoms with Crippen molar-refractivity contribution in [3.63, 3.8) is 0 Å². The average molecular weight is 337 g/mol. The number of carbonyl (C=O) groups is 1. The van der Waals surface area contributed by atoms with E-state index in [1.807, 2.05) is 6.92 Å². The molecule has 1 aromatic carbocycles. The minimum Gasteiger partial charge on any atom is -0.545 e. The molecule has 0 aliphatic heterocycles. The Bertz CT molecular complexity index is 354. The standard InChI is InChI=1S/C10H10Br2O3/c1-2-3-15-9-7(11)4-6(10(13)14)5-8(9)12/h4-5H,2-3H2,1H3,(H,13,14)/p-1. The minimum atomic E-state index is -1.21. The Morgan fingerprint density at radius 2 is 1.93 bits per heavy atom. The van der Waals surface area contributed by atoms with E-state index in [0.29, 0.717) is 21.3 Å². The Labute approximate surface area is 105 Å². The van der Waals surface area contributed by atoms with E-state index < -0.39 is 5.97 Å². The second-order valence-corrected chi connectivity index (χ2v) is 4.61. The van der Waals surface area contributed by atoms with E-state index in [1.54, 1.807) is 0 Å². The maximum absolute atomic E-state index is 10.6. The highest BCUT2D eigenvalue weighted by atomic mass is 79.9. The summed E-state index contributed by atoms with van der Waals surface area (Å²) < 4.78 is 6.65. The fourth-order valence-corrected chi connectivity index (χ4v) is 2.44. The SMILES string of the molecule is CCCOc1c(Br)cc(C(=O)[O-])cc1Br. The summed E-state index contributed by atoms with van der Waals surface area (Å²) in [6.45, 7) is 2.58. The van der Waals surface area contributed by atoms with Crippen LogP contribution in [0.4, 0.5) is 0 Å². The lowest BCUT2D eigenvalue weighted by Gasteiger charge is -2.11. The van der Waals surface area contributed by atoms with E-state index in [0.717, 1.165) is 6.42 Å². The number of hydrogen-bond donors (Lipinski definition) is 0. The second kappa shape index (κ2) is 5.51. The fraction of sp³-hybridized carbons (Fsp3) is 0.300. The van der Waals surface area contributed by atoms with Gasteiger partial charge in [-0.15, -0.1) is 0 Å². The van der Waals surface area contributed by atoms with Crippen LogP contribution in [0.5, 0.6) is 5.75 Å². The fourth-order valence-electron chi connectivity index (χ4n) is 1.02. The third kappa shape index (κ3) is 3.21. The number of carbonyl (C=O) groups excluding carboxylic acids is 1. The highest BCUT2D eigenvalue weighted by Gasteiger charge is 2.09. The Morgan fingerprint density at radius 1 is 1.40 bits per heavy atom. The van der Waals surface area contributed by atoms with E-state index in [2.05, 4.69) is 31.9 Å². The molecule has 0 N–H and O–H groups in total. The van der Waals surface area contributed by atoms with Gasteiger partial charge in [0.05, 0.1) is 21.5 Å². The summed E-state index contributed by atoms with van der Waals surface area (Å²) in [7, 11) is 0. The molecule has 1 aromatic rings. The van der Waals surface area contributed by atoms with Gasteiger partial charge in [0.15, 0.2) is 0 Å². The molecule has 0 aromatic heterocycles. The average Bonchev–Trinajstić information content (AvgIpc) is 2.16. The lowest BCUT2D eigenvalue weighted by Crippen LogP contribution is -2.22. The summed E-state index contributed by atoms with van der Waals surface area (Å²) in [5.74, 6) is -0.597. The summed E-state index contributed by atoms with van der Waals surface area (Å²) in [4.78, 5) is 10.6. The molecule has 82 valence electrons. The van der Waals surface area contributed by atoms with Crippen molar-refractivity contribution in [1.82, 2.24) is 0 Å². The van der Waals surface area contributed by atoms with Gasteiger partial charge < -0.3 is 14.6 Å². The lowest BCUT2D eigenvalue weighted by molar-refractivity contribution is -0.255. The van der Waals surface area contributed by atoms with Gasteiger partial charge in [-0.1, -0.05) is 6.92 Å². The molecule has 3 nitrogen and oxygen atoms in total. The van der Waals surface area contributed by atoms with E-state index in [4.69, 9.17) is 4.74 Å². The highest BCUT2D eigenvalue weighted by molar-refractivity contribution is 9.11. The van der Waals surface area contributed by atoms with Crippen LogP contribution < -0.4 is 9.84 Å². The molecule has 1 rings (SSSR count). The van der Waals surface area contributed by atoms with Crippen molar-refractivity contribution in [2.75, 3.05) is 6.61 Å². The van der Waals surface area contributed by atoms with Crippen LogP contribution in [0.15, 0.2) is 21.1 Å². The van der Waals surface area contributed by atoms with Crippen LogP contribution in [-0.2, 0) is 0 Å². The van der Waals surface area contributed by atoms with Gasteiger partial charge in [-0.05, 0) is 56.0 Å². The van der Waals surface area contributed by atoms with Crippen LogP contribution in [0.3, 0.4) is 0 Å². The molecule has 0 radical (unpaired) electrons. The van der Waals surface area contributed by atoms with Gasteiger partial charge in [0.1, 0.15) is 5.75 Å². The van der Waals surface area contributed by atoms with Crippen LogP contribution in [0.25, 0.3) is 0 Å². The molecule has 0 unspecified atom stereocenters. The van der Waals surface area contributed by atoms with Crippen LogP contribution in [0.2, 0.25) is 0 Å². The largest absolute Gasteiger partial charge is 0.545 e. The van der Waals surface area contributed by atoms with E-state index in [9.17, 15) is 9.90 Å². The second-order valence-electron chi connectivity index (χ2n) is 2.90. The zero-order valence-electron chi connectivity index (χ0n) is 8.05.